The molecule has 1 heterocycles. The first-order chi connectivity index (χ1) is 21.3. The lowest BCUT2D eigenvalue weighted by molar-refractivity contribution is 0.647. The van der Waals surface area contributed by atoms with E-state index in [4.69, 9.17) is 15.0 Å². The molecular formula is C40H30N4. The molecule has 4 heteroatoms. The van der Waals surface area contributed by atoms with Crippen molar-refractivity contribution in [2.75, 3.05) is 0 Å². The van der Waals surface area contributed by atoms with E-state index < -0.39 is 0 Å². The molecule has 0 bridgehead atoms. The molecule has 0 N–H and O–H groups in total. The third-order valence-electron chi connectivity index (χ3n) is 9.54. The smallest absolute Gasteiger partial charge is 0.164 e. The average Bonchev–Trinajstić information content (AvgIpc) is 3.44. The van der Waals surface area contributed by atoms with Gasteiger partial charge in [0.1, 0.15) is 0 Å². The van der Waals surface area contributed by atoms with E-state index in [1.807, 2.05) is 66.7 Å². The van der Waals surface area contributed by atoms with Crippen molar-refractivity contribution in [3.63, 3.8) is 0 Å². The van der Waals surface area contributed by atoms with Gasteiger partial charge in [-0.15, -0.1) is 0 Å². The normalized spacial score (nSPS) is 14.7. The maximum absolute atomic E-state index is 9.63. The second-order valence-corrected chi connectivity index (χ2v) is 12.8. The SMILES string of the molecule is CC1(C)c2cc(-c3nc(-c4ccccc4)nc(-c4ccccc4)n3)ccc2-c2c1ccc1c2C(C)(C)c2cc(C#N)ccc2-1. The molecule has 0 saturated heterocycles. The van der Waals surface area contributed by atoms with Crippen LogP contribution in [0.4, 0.5) is 0 Å². The number of nitrogens with zero attached hydrogens (tertiary/aromatic N) is 4. The minimum absolute atomic E-state index is 0.212. The van der Waals surface area contributed by atoms with Gasteiger partial charge in [-0.1, -0.05) is 119 Å². The second-order valence-electron chi connectivity index (χ2n) is 12.8. The third kappa shape index (κ3) is 3.72. The lowest BCUT2D eigenvalue weighted by Gasteiger charge is -2.26. The zero-order chi connectivity index (χ0) is 30.2. The summed E-state index contributed by atoms with van der Waals surface area (Å²) in [6.07, 6.45) is 0. The molecule has 0 spiro atoms. The molecule has 0 radical (unpaired) electrons. The Morgan fingerprint density at radius 1 is 0.500 bits per heavy atom. The van der Waals surface area contributed by atoms with Crippen LogP contribution in [0.1, 0.15) is 55.5 Å². The number of fused-ring (bicyclic) bond motifs is 7. The van der Waals surface area contributed by atoms with Crippen LogP contribution >= 0.6 is 0 Å². The monoisotopic (exact) mass is 566 g/mol. The van der Waals surface area contributed by atoms with Gasteiger partial charge in [-0.05, 0) is 62.7 Å². The molecule has 0 unspecified atom stereocenters. The molecule has 210 valence electrons. The first-order valence-electron chi connectivity index (χ1n) is 15.0. The van der Waals surface area contributed by atoms with Gasteiger partial charge in [0.15, 0.2) is 17.5 Å². The standard InChI is InChI=1S/C40H30N4/c1-39(2)31-20-19-29-28-17-15-24(23-41)21-32(28)40(3,4)35(29)34(31)30-18-16-27(22-33(30)39)38-43-36(25-11-7-5-8-12-25)42-37(44-38)26-13-9-6-10-14-26/h5-22H,1-4H3. The summed E-state index contributed by atoms with van der Waals surface area (Å²) in [5, 5.41) is 9.63. The van der Waals surface area contributed by atoms with E-state index in [1.54, 1.807) is 0 Å². The minimum Gasteiger partial charge on any atom is -0.208 e. The highest BCUT2D eigenvalue weighted by atomic mass is 15.0. The molecule has 2 aliphatic rings. The Bertz CT molecular complexity index is 2110. The molecule has 0 saturated carbocycles. The summed E-state index contributed by atoms with van der Waals surface area (Å²) >= 11 is 0. The van der Waals surface area contributed by atoms with Gasteiger partial charge >= 0.3 is 0 Å². The van der Waals surface area contributed by atoms with Gasteiger partial charge in [-0.2, -0.15) is 5.26 Å². The summed E-state index contributed by atoms with van der Waals surface area (Å²) in [5.41, 5.74) is 13.4. The van der Waals surface area contributed by atoms with E-state index in [2.05, 4.69) is 76.2 Å². The van der Waals surface area contributed by atoms with Gasteiger partial charge in [0, 0.05) is 27.5 Å². The van der Waals surface area contributed by atoms with Crippen LogP contribution in [0, 0.1) is 11.3 Å². The molecule has 0 aliphatic heterocycles. The Kier molecular flexibility index (Phi) is 5.55. The van der Waals surface area contributed by atoms with Crippen LogP contribution in [-0.2, 0) is 10.8 Å². The second kappa shape index (κ2) is 9.30. The Hall–Kier alpha value is -5.40. The fraction of sp³-hybridized carbons (Fsp3) is 0.150. The van der Waals surface area contributed by atoms with Crippen molar-refractivity contribution in [3.8, 4) is 62.5 Å². The molecule has 44 heavy (non-hydrogen) atoms. The fourth-order valence-corrected chi connectivity index (χ4v) is 7.28. The Morgan fingerprint density at radius 3 is 1.66 bits per heavy atom. The molecule has 0 fully saturated rings. The van der Waals surface area contributed by atoms with Crippen molar-refractivity contribution in [3.05, 3.63) is 137 Å². The number of benzene rings is 5. The van der Waals surface area contributed by atoms with Gasteiger partial charge in [-0.25, -0.2) is 15.0 Å². The maximum atomic E-state index is 9.63. The number of aromatic nitrogens is 3. The predicted octanol–water partition coefficient (Wildman–Crippen LogP) is 9.36. The third-order valence-corrected chi connectivity index (χ3v) is 9.54. The van der Waals surface area contributed by atoms with Crippen LogP contribution in [0.3, 0.4) is 0 Å². The first kappa shape index (κ1) is 26.2. The van der Waals surface area contributed by atoms with E-state index in [9.17, 15) is 5.26 Å². The van der Waals surface area contributed by atoms with E-state index in [0.717, 1.165) is 16.7 Å². The molecule has 8 rings (SSSR count). The van der Waals surface area contributed by atoms with Crippen molar-refractivity contribution in [1.29, 1.82) is 5.26 Å². The number of hydrogen-bond donors (Lipinski definition) is 0. The van der Waals surface area contributed by atoms with Crippen molar-refractivity contribution < 1.29 is 0 Å². The largest absolute Gasteiger partial charge is 0.208 e. The topological polar surface area (TPSA) is 62.5 Å². The van der Waals surface area contributed by atoms with Crippen LogP contribution in [0.5, 0.6) is 0 Å². The highest BCUT2D eigenvalue weighted by molar-refractivity contribution is 5.94. The van der Waals surface area contributed by atoms with Gasteiger partial charge in [-0.3, -0.25) is 0 Å². The highest BCUT2D eigenvalue weighted by Gasteiger charge is 2.44. The molecular weight excluding hydrogens is 536 g/mol. The number of rotatable bonds is 3. The first-order valence-corrected chi connectivity index (χ1v) is 15.0. The van der Waals surface area contributed by atoms with Gasteiger partial charge in [0.25, 0.3) is 0 Å². The summed E-state index contributed by atoms with van der Waals surface area (Å²) in [4.78, 5) is 14.9. The van der Waals surface area contributed by atoms with Gasteiger partial charge < -0.3 is 0 Å². The van der Waals surface area contributed by atoms with E-state index >= 15 is 0 Å². The summed E-state index contributed by atoms with van der Waals surface area (Å²) in [7, 11) is 0. The number of nitriles is 1. The predicted molar refractivity (Wildman–Crippen MR) is 176 cm³/mol. The number of hydrogen-bond acceptors (Lipinski definition) is 4. The van der Waals surface area contributed by atoms with Crippen LogP contribution < -0.4 is 0 Å². The lowest BCUT2D eigenvalue weighted by Crippen LogP contribution is -2.18. The molecule has 0 amide bonds. The van der Waals surface area contributed by atoms with E-state index in [1.165, 1.54) is 44.5 Å². The van der Waals surface area contributed by atoms with Crippen molar-refractivity contribution in [2.45, 2.75) is 38.5 Å². The zero-order valence-electron chi connectivity index (χ0n) is 25.2. The molecule has 2 aliphatic carbocycles. The molecule has 1 aromatic heterocycles. The average molecular weight is 567 g/mol. The molecule has 4 nitrogen and oxygen atoms in total. The Morgan fingerprint density at radius 2 is 1.05 bits per heavy atom. The summed E-state index contributed by atoms with van der Waals surface area (Å²) in [6, 6.07) is 39.9. The molecule has 0 atom stereocenters. The summed E-state index contributed by atoms with van der Waals surface area (Å²) < 4.78 is 0. The fourth-order valence-electron chi connectivity index (χ4n) is 7.28. The van der Waals surface area contributed by atoms with Crippen LogP contribution in [0.2, 0.25) is 0 Å². The minimum atomic E-state index is -0.234. The molecule has 6 aromatic rings. The van der Waals surface area contributed by atoms with Crippen LogP contribution in [0.15, 0.2) is 109 Å². The summed E-state index contributed by atoms with van der Waals surface area (Å²) in [5.74, 6) is 1.98. The lowest BCUT2D eigenvalue weighted by atomic mass is 9.77. The van der Waals surface area contributed by atoms with Crippen molar-refractivity contribution >= 4 is 0 Å². The Labute approximate surface area is 257 Å². The van der Waals surface area contributed by atoms with Crippen molar-refractivity contribution in [2.24, 2.45) is 0 Å². The quantitative estimate of drug-likeness (QED) is 0.214. The van der Waals surface area contributed by atoms with Crippen LogP contribution in [-0.4, -0.2) is 15.0 Å². The zero-order valence-corrected chi connectivity index (χ0v) is 25.2. The molecule has 5 aromatic carbocycles. The van der Waals surface area contributed by atoms with Crippen molar-refractivity contribution in [1.82, 2.24) is 15.0 Å². The van der Waals surface area contributed by atoms with Crippen LogP contribution in [0.25, 0.3) is 56.4 Å². The van der Waals surface area contributed by atoms with Gasteiger partial charge in [0.2, 0.25) is 0 Å². The van der Waals surface area contributed by atoms with Gasteiger partial charge in [0.05, 0.1) is 11.6 Å². The summed E-state index contributed by atoms with van der Waals surface area (Å²) in [6.45, 7) is 9.21. The van der Waals surface area contributed by atoms with E-state index in [-0.39, 0.29) is 10.8 Å². The maximum Gasteiger partial charge on any atom is 0.164 e. The Balaban J connectivity index is 1.31. The van der Waals surface area contributed by atoms with E-state index in [0.29, 0.717) is 23.0 Å². The highest BCUT2D eigenvalue weighted by Crippen LogP contribution is 2.59.